The van der Waals surface area contributed by atoms with E-state index in [-0.39, 0.29) is 11.6 Å². The molecular weight excluding hydrogens is 595 g/mol. The molecule has 1 aliphatic carbocycles. The molecule has 240 valence electrons. The van der Waals surface area contributed by atoms with Gasteiger partial charge < -0.3 is 5.32 Å². The fourth-order valence-corrected chi connectivity index (χ4v) is 6.96. The zero-order valence-electron chi connectivity index (χ0n) is 28.7. The van der Waals surface area contributed by atoms with Crippen LogP contribution in [0.4, 0.5) is 0 Å². The quantitative estimate of drug-likeness (QED) is 0.169. The molecule has 1 atom stereocenters. The Labute approximate surface area is 290 Å². The summed E-state index contributed by atoms with van der Waals surface area (Å²) in [6.45, 7) is 16.5. The minimum absolute atomic E-state index is 0.0927. The monoisotopic (exact) mass is 635 g/mol. The van der Waals surface area contributed by atoms with Crippen molar-refractivity contribution in [2.75, 3.05) is 0 Å². The molecule has 1 N–H and O–H groups in total. The molecule has 49 heavy (non-hydrogen) atoms. The normalized spacial score (nSPS) is 16.5. The number of hydrogen-bond acceptors (Lipinski definition) is 3. The van der Waals surface area contributed by atoms with Crippen LogP contribution in [0.1, 0.15) is 44.4 Å². The van der Waals surface area contributed by atoms with E-state index in [9.17, 15) is 0 Å². The first-order valence-corrected chi connectivity index (χ1v) is 16.8. The number of nitrogens with zero attached hydrogens (tertiary/aromatic N) is 2. The van der Waals surface area contributed by atoms with Crippen LogP contribution in [0, 0.1) is 0 Å². The molecule has 0 aromatic heterocycles. The molecular formula is C46H41N3. The van der Waals surface area contributed by atoms with Crippen LogP contribution >= 0.6 is 0 Å². The van der Waals surface area contributed by atoms with Crippen LogP contribution in [-0.4, -0.2) is 17.8 Å². The highest BCUT2D eigenvalue weighted by molar-refractivity contribution is 6.13. The van der Waals surface area contributed by atoms with Gasteiger partial charge in [0.05, 0.1) is 0 Å². The van der Waals surface area contributed by atoms with Gasteiger partial charge in [0.25, 0.3) is 0 Å². The molecule has 0 bridgehead atoms. The summed E-state index contributed by atoms with van der Waals surface area (Å²) in [4.78, 5) is 9.89. The third-order valence-electron chi connectivity index (χ3n) is 9.75. The summed E-state index contributed by atoms with van der Waals surface area (Å²) in [6, 6.07) is 41.9. The van der Waals surface area contributed by atoms with Crippen molar-refractivity contribution in [3.63, 3.8) is 0 Å². The molecule has 1 aliphatic heterocycles. The molecule has 3 nitrogen and oxygen atoms in total. The third-order valence-corrected chi connectivity index (χ3v) is 9.75. The topological polar surface area (TPSA) is 36.8 Å². The van der Waals surface area contributed by atoms with E-state index in [2.05, 4.69) is 155 Å². The molecule has 5 aromatic carbocycles. The lowest BCUT2D eigenvalue weighted by atomic mass is 9.81. The van der Waals surface area contributed by atoms with Gasteiger partial charge in [-0.25, -0.2) is 9.98 Å². The van der Waals surface area contributed by atoms with Crippen LogP contribution in [0.15, 0.2) is 174 Å². The summed E-state index contributed by atoms with van der Waals surface area (Å²) in [7, 11) is 0. The van der Waals surface area contributed by atoms with Gasteiger partial charge >= 0.3 is 0 Å². The predicted molar refractivity (Wildman–Crippen MR) is 209 cm³/mol. The molecule has 0 amide bonds. The highest BCUT2D eigenvalue weighted by Crippen LogP contribution is 2.50. The summed E-state index contributed by atoms with van der Waals surface area (Å²) >= 11 is 0. The van der Waals surface area contributed by atoms with E-state index in [1.807, 2.05) is 19.1 Å². The number of aliphatic imine (C=N–C) groups is 2. The number of amidine groups is 2. The fraction of sp³-hybridized carbons (Fsp3) is 0.130. The Morgan fingerprint density at radius 2 is 1.12 bits per heavy atom. The van der Waals surface area contributed by atoms with Crippen molar-refractivity contribution in [1.82, 2.24) is 5.32 Å². The summed E-state index contributed by atoms with van der Waals surface area (Å²) < 4.78 is 0. The van der Waals surface area contributed by atoms with Crippen molar-refractivity contribution in [2.45, 2.75) is 39.3 Å². The second-order valence-corrected chi connectivity index (χ2v) is 13.4. The van der Waals surface area contributed by atoms with E-state index >= 15 is 0 Å². The Morgan fingerprint density at radius 3 is 1.71 bits per heavy atom. The molecule has 0 saturated carbocycles. The second kappa shape index (κ2) is 13.0. The fourth-order valence-electron chi connectivity index (χ4n) is 6.96. The molecule has 0 radical (unpaired) electrons. The van der Waals surface area contributed by atoms with Gasteiger partial charge in [-0.15, -0.1) is 0 Å². The average molecular weight is 636 g/mol. The maximum absolute atomic E-state index is 4.98. The van der Waals surface area contributed by atoms with Gasteiger partial charge in [-0.05, 0) is 98.8 Å². The zero-order chi connectivity index (χ0) is 34.1. The van der Waals surface area contributed by atoms with Gasteiger partial charge in [0, 0.05) is 11.0 Å². The first-order chi connectivity index (χ1) is 23.8. The van der Waals surface area contributed by atoms with Crippen LogP contribution in [0.2, 0.25) is 0 Å². The Bertz CT molecular complexity index is 2210. The standard InChI is InChI=1S/C46H41N3/c1-7-13-30(3)43-47-44(31(4)14-8-2)49-45(48-43)38-18-12-17-35(27-38)33-19-21-34(22-20-33)37-24-26-40-39-25-23-36(32-15-10-9-11-16-32)28-41(39)46(5,6)42(40)29-37/h7-29,43H,1-2H2,3-6H3,(H,47,48,49)/b30-13+,31-14+. The highest BCUT2D eigenvalue weighted by Gasteiger charge is 2.35. The van der Waals surface area contributed by atoms with Crippen molar-refractivity contribution >= 4 is 11.7 Å². The lowest BCUT2D eigenvalue weighted by molar-refractivity contribution is 0.661. The number of hydrogen-bond donors (Lipinski definition) is 1. The van der Waals surface area contributed by atoms with E-state index in [0.29, 0.717) is 5.84 Å². The molecule has 1 heterocycles. The maximum Gasteiger partial charge on any atom is 0.159 e. The average Bonchev–Trinajstić information content (AvgIpc) is 3.37. The summed E-state index contributed by atoms with van der Waals surface area (Å²) in [5.74, 6) is 1.49. The van der Waals surface area contributed by atoms with Crippen molar-refractivity contribution in [1.29, 1.82) is 0 Å². The smallest absolute Gasteiger partial charge is 0.159 e. The van der Waals surface area contributed by atoms with Crippen molar-refractivity contribution in [3.05, 3.63) is 181 Å². The number of fused-ring (bicyclic) bond motifs is 3. The van der Waals surface area contributed by atoms with E-state index in [1.165, 1.54) is 44.5 Å². The van der Waals surface area contributed by atoms with Gasteiger partial charge in [-0.1, -0.05) is 148 Å². The molecule has 0 spiro atoms. The predicted octanol–water partition coefficient (Wildman–Crippen LogP) is 11.3. The molecule has 5 aromatic rings. The van der Waals surface area contributed by atoms with Gasteiger partial charge in [0.15, 0.2) is 5.84 Å². The third kappa shape index (κ3) is 6.05. The summed E-state index contributed by atoms with van der Waals surface area (Å²) in [6.07, 6.45) is 7.28. The molecule has 1 unspecified atom stereocenters. The van der Waals surface area contributed by atoms with Crippen LogP contribution in [0.5, 0.6) is 0 Å². The van der Waals surface area contributed by atoms with Gasteiger partial charge in [0.1, 0.15) is 12.0 Å². The van der Waals surface area contributed by atoms with Gasteiger partial charge in [-0.2, -0.15) is 0 Å². The van der Waals surface area contributed by atoms with Crippen LogP contribution < -0.4 is 5.32 Å². The van der Waals surface area contributed by atoms with Gasteiger partial charge in [-0.3, -0.25) is 0 Å². The van der Waals surface area contributed by atoms with E-state index < -0.39 is 0 Å². The SMILES string of the molecule is C=C/C=C(\C)C1=NC(c2cccc(-c3ccc(-c4ccc5c(c4)C(C)(C)c4cc(-c6ccccc6)ccc4-5)cc3)c2)=NC(/C(C)=C/C=C)N1. The summed E-state index contributed by atoms with van der Waals surface area (Å²) in [5, 5.41) is 3.46. The maximum atomic E-state index is 4.98. The van der Waals surface area contributed by atoms with Crippen LogP contribution in [-0.2, 0) is 5.41 Å². The molecule has 0 saturated heterocycles. The van der Waals surface area contributed by atoms with Crippen molar-refractivity contribution in [2.24, 2.45) is 9.98 Å². The number of rotatable bonds is 8. The Hall–Kier alpha value is -5.80. The molecule has 3 heteroatoms. The van der Waals surface area contributed by atoms with E-state index in [1.54, 1.807) is 12.2 Å². The van der Waals surface area contributed by atoms with Gasteiger partial charge in [0.2, 0.25) is 0 Å². The van der Waals surface area contributed by atoms with Crippen molar-refractivity contribution in [3.8, 4) is 44.5 Å². The van der Waals surface area contributed by atoms with Crippen molar-refractivity contribution < 1.29 is 0 Å². The van der Waals surface area contributed by atoms with E-state index in [0.717, 1.165) is 33.7 Å². The zero-order valence-corrected chi connectivity index (χ0v) is 28.7. The lowest BCUT2D eigenvalue weighted by Gasteiger charge is -2.24. The largest absolute Gasteiger partial charge is 0.345 e. The van der Waals surface area contributed by atoms with Crippen LogP contribution in [0.3, 0.4) is 0 Å². The Kier molecular flexibility index (Phi) is 8.44. The number of allylic oxidation sites excluding steroid dienone is 4. The molecule has 0 fully saturated rings. The van der Waals surface area contributed by atoms with E-state index in [4.69, 9.17) is 9.98 Å². The lowest BCUT2D eigenvalue weighted by Crippen LogP contribution is -2.39. The second-order valence-electron chi connectivity index (χ2n) is 13.4. The molecule has 7 rings (SSSR count). The minimum Gasteiger partial charge on any atom is -0.345 e. The van der Waals surface area contributed by atoms with Crippen LogP contribution in [0.25, 0.3) is 44.5 Å². The molecule has 2 aliphatic rings. The minimum atomic E-state index is -0.229. The Morgan fingerprint density at radius 1 is 0.612 bits per heavy atom. The number of nitrogens with one attached hydrogen (secondary N) is 1. The summed E-state index contributed by atoms with van der Waals surface area (Å²) in [5.41, 5.74) is 15.6. The number of benzene rings is 5. The first kappa shape index (κ1) is 31.8. The first-order valence-electron chi connectivity index (χ1n) is 16.8. The Balaban J connectivity index is 1.17. The highest BCUT2D eigenvalue weighted by atomic mass is 15.2.